The van der Waals surface area contributed by atoms with Crippen molar-refractivity contribution < 1.29 is 13.4 Å². The van der Waals surface area contributed by atoms with Crippen LogP contribution in [0.5, 0.6) is 0 Å². The second-order valence-corrected chi connectivity index (χ2v) is 8.16. The molecule has 1 aromatic carbocycles. The van der Waals surface area contributed by atoms with E-state index in [1.165, 1.54) is 12.1 Å². The number of nitrogens with one attached hydrogen (secondary N) is 1. The van der Waals surface area contributed by atoms with Crippen LogP contribution in [0.1, 0.15) is 39.7 Å². The summed E-state index contributed by atoms with van der Waals surface area (Å²) in [5, 5.41) is -0.0250. The third kappa shape index (κ3) is 3.87. The van der Waals surface area contributed by atoms with Crippen LogP contribution in [0.15, 0.2) is 18.2 Å². The predicted octanol–water partition coefficient (Wildman–Crippen LogP) is 3.34. The fourth-order valence-corrected chi connectivity index (χ4v) is 2.74. The summed E-state index contributed by atoms with van der Waals surface area (Å²) < 4.78 is 28.8. The van der Waals surface area contributed by atoms with Gasteiger partial charge in [0.2, 0.25) is 0 Å². The lowest BCUT2D eigenvalue weighted by atomic mass is 9.90. The zero-order chi connectivity index (χ0) is 15.6. The molecule has 0 heterocycles. The molecule has 0 saturated heterocycles. The van der Waals surface area contributed by atoms with Crippen molar-refractivity contribution in [3.8, 4) is 0 Å². The van der Waals surface area contributed by atoms with Gasteiger partial charge >= 0.3 is 0 Å². The lowest BCUT2D eigenvalue weighted by molar-refractivity contribution is -0.108. The van der Waals surface area contributed by atoms with Gasteiger partial charge in [-0.2, -0.15) is 0 Å². The standard InChI is InChI=1S/C14H19ClFNO2S/c1-13(2,3)20(19)17-14(4,8-9-18)10-6-5-7-11(15)12(10)16/h5-7,9,17H,8H2,1-4H3/t14-,20?/m0/s1. The van der Waals surface area contributed by atoms with Gasteiger partial charge in [0.1, 0.15) is 12.1 Å². The van der Waals surface area contributed by atoms with Crippen LogP contribution in [0.4, 0.5) is 4.39 Å². The number of carbonyl (C=O) groups excluding carboxylic acids is 1. The average Bonchev–Trinajstić information content (AvgIpc) is 2.31. The van der Waals surface area contributed by atoms with E-state index in [4.69, 9.17) is 11.6 Å². The second kappa shape index (κ2) is 6.33. The number of benzene rings is 1. The Balaban J connectivity index is 3.24. The van der Waals surface area contributed by atoms with Crippen molar-refractivity contribution in [2.75, 3.05) is 0 Å². The van der Waals surface area contributed by atoms with Gasteiger partial charge < -0.3 is 4.79 Å². The van der Waals surface area contributed by atoms with E-state index in [0.717, 1.165) is 0 Å². The predicted molar refractivity (Wildman–Crippen MR) is 80.5 cm³/mol. The second-order valence-electron chi connectivity index (χ2n) is 5.79. The summed E-state index contributed by atoms with van der Waals surface area (Å²) in [4.78, 5) is 10.9. The zero-order valence-corrected chi connectivity index (χ0v) is 13.6. The molecule has 0 bridgehead atoms. The Bertz CT molecular complexity index is 530. The van der Waals surface area contributed by atoms with Crippen molar-refractivity contribution in [2.45, 2.75) is 44.4 Å². The van der Waals surface area contributed by atoms with Gasteiger partial charge in [-0.15, -0.1) is 0 Å². The molecule has 1 N–H and O–H groups in total. The van der Waals surface area contributed by atoms with Crippen LogP contribution in [-0.4, -0.2) is 15.2 Å². The van der Waals surface area contributed by atoms with Crippen LogP contribution in [0.25, 0.3) is 0 Å². The molecule has 20 heavy (non-hydrogen) atoms. The molecule has 0 aliphatic rings. The van der Waals surface area contributed by atoms with E-state index in [1.54, 1.807) is 33.8 Å². The number of hydrogen-bond donors (Lipinski definition) is 1. The van der Waals surface area contributed by atoms with Gasteiger partial charge in [0.15, 0.2) is 0 Å². The first-order valence-electron chi connectivity index (χ1n) is 6.19. The highest BCUT2D eigenvalue weighted by Gasteiger charge is 2.34. The maximum atomic E-state index is 14.2. The largest absolute Gasteiger partial charge is 0.303 e. The Labute approximate surface area is 126 Å². The monoisotopic (exact) mass is 319 g/mol. The summed E-state index contributed by atoms with van der Waals surface area (Å²) in [6, 6.07) is 4.57. The molecule has 0 aliphatic carbocycles. The molecular formula is C14H19ClFNO2S. The summed E-state index contributed by atoms with van der Waals surface area (Å²) in [6.45, 7) is 7.03. The third-order valence-corrected chi connectivity index (χ3v) is 4.95. The Kier molecular flexibility index (Phi) is 5.46. The van der Waals surface area contributed by atoms with Crippen LogP contribution in [0, 0.1) is 5.82 Å². The number of carbonyl (C=O) groups is 1. The highest BCUT2D eigenvalue weighted by molar-refractivity contribution is 7.84. The molecule has 1 aromatic rings. The number of rotatable bonds is 5. The summed E-state index contributed by atoms with van der Waals surface area (Å²) in [5.74, 6) is -0.600. The molecule has 0 radical (unpaired) electrons. The molecule has 0 spiro atoms. The Morgan fingerprint density at radius 3 is 2.45 bits per heavy atom. The first kappa shape index (κ1) is 17.3. The molecule has 3 nitrogen and oxygen atoms in total. The fourth-order valence-electron chi connectivity index (χ4n) is 1.66. The Morgan fingerprint density at radius 2 is 1.95 bits per heavy atom. The highest BCUT2D eigenvalue weighted by atomic mass is 35.5. The van der Waals surface area contributed by atoms with Gasteiger partial charge in [-0.05, 0) is 33.8 Å². The van der Waals surface area contributed by atoms with Crippen LogP contribution >= 0.6 is 11.6 Å². The summed E-state index contributed by atoms with van der Waals surface area (Å²) in [5.41, 5.74) is -0.843. The van der Waals surface area contributed by atoms with Crippen molar-refractivity contribution in [2.24, 2.45) is 0 Å². The number of hydrogen-bond acceptors (Lipinski definition) is 2. The molecule has 1 unspecified atom stereocenters. The lowest BCUT2D eigenvalue weighted by Crippen LogP contribution is -2.47. The third-order valence-electron chi connectivity index (χ3n) is 2.91. The number of aldehydes is 1. The van der Waals surface area contributed by atoms with E-state index in [2.05, 4.69) is 4.72 Å². The summed E-state index contributed by atoms with van der Waals surface area (Å²) in [6.07, 6.45) is 0.666. The minimum Gasteiger partial charge on any atom is -0.303 e. The molecule has 0 fully saturated rings. The number of halogens is 2. The topological polar surface area (TPSA) is 46.2 Å². The molecule has 0 amide bonds. The Morgan fingerprint density at radius 1 is 1.35 bits per heavy atom. The van der Waals surface area contributed by atoms with Gasteiger partial charge in [0.25, 0.3) is 0 Å². The summed E-state index contributed by atoms with van der Waals surface area (Å²) in [7, 11) is -1.44. The van der Waals surface area contributed by atoms with E-state index >= 15 is 0 Å². The van der Waals surface area contributed by atoms with E-state index in [1.807, 2.05) is 0 Å². The maximum Gasteiger partial charge on any atom is 0.146 e. The smallest absolute Gasteiger partial charge is 0.146 e. The quantitative estimate of drug-likeness (QED) is 0.846. The van der Waals surface area contributed by atoms with Crippen LogP contribution in [0.2, 0.25) is 5.02 Å². The minimum atomic E-state index is -1.44. The molecule has 1 rings (SSSR count). The van der Waals surface area contributed by atoms with E-state index in [0.29, 0.717) is 6.29 Å². The van der Waals surface area contributed by atoms with Gasteiger partial charge in [-0.25, -0.2) is 13.3 Å². The van der Waals surface area contributed by atoms with Gasteiger partial charge in [0, 0.05) is 12.0 Å². The first-order valence-corrected chi connectivity index (χ1v) is 7.72. The highest BCUT2D eigenvalue weighted by Crippen LogP contribution is 2.31. The average molecular weight is 320 g/mol. The van der Waals surface area contributed by atoms with E-state index in [-0.39, 0.29) is 17.0 Å². The maximum absolute atomic E-state index is 14.2. The summed E-state index contributed by atoms with van der Waals surface area (Å²) >= 11 is 5.78. The SMILES string of the molecule is CC(C)(C)S(=O)N[C@@](C)(CC=O)c1cccc(Cl)c1F. The normalized spacial score (nSPS) is 16.5. The van der Waals surface area contributed by atoms with E-state index < -0.39 is 27.1 Å². The van der Waals surface area contributed by atoms with Crippen molar-refractivity contribution in [3.63, 3.8) is 0 Å². The first-order chi connectivity index (χ1) is 9.12. The van der Waals surface area contributed by atoms with Crippen molar-refractivity contribution >= 4 is 28.9 Å². The molecule has 0 aromatic heterocycles. The van der Waals surface area contributed by atoms with Gasteiger partial charge in [-0.3, -0.25) is 0 Å². The lowest BCUT2D eigenvalue weighted by Gasteiger charge is -2.32. The molecule has 2 atom stereocenters. The zero-order valence-electron chi connectivity index (χ0n) is 12.0. The molecule has 0 saturated carbocycles. The molecule has 112 valence electrons. The van der Waals surface area contributed by atoms with Crippen LogP contribution < -0.4 is 4.72 Å². The van der Waals surface area contributed by atoms with Gasteiger partial charge in [0.05, 0.1) is 26.3 Å². The van der Waals surface area contributed by atoms with Crippen LogP contribution in [-0.2, 0) is 21.3 Å². The van der Waals surface area contributed by atoms with Crippen LogP contribution in [0.3, 0.4) is 0 Å². The molecular weight excluding hydrogens is 301 g/mol. The van der Waals surface area contributed by atoms with E-state index in [9.17, 15) is 13.4 Å². The molecule has 6 heteroatoms. The van der Waals surface area contributed by atoms with Gasteiger partial charge in [-0.1, -0.05) is 23.7 Å². The minimum absolute atomic E-state index is 0.00785. The molecule has 0 aliphatic heterocycles. The van der Waals surface area contributed by atoms with Crippen molar-refractivity contribution in [1.82, 2.24) is 4.72 Å². The van der Waals surface area contributed by atoms with Crippen molar-refractivity contribution in [1.29, 1.82) is 0 Å². The van der Waals surface area contributed by atoms with Crippen molar-refractivity contribution in [3.05, 3.63) is 34.6 Å². The Hall–Kier alpha value is -0.780. The fraction of sp³-hybridized carbons (Fsp3) is 0.500.